The third-order valence-electron chi connectivity index (χ3n) is 4.07. The van der Waals surface area contributed by atoms with E-state index in [1.165, 1.54) is 48.5 Å². The molecule has 0 spiro atoms. The van der Waals surface area contributed by atoms with Crippen molar-refractivity contribution in [1.29, 1.82) is 0 Å². The number of benzene rings is 3. The zero-order chi connectivity index (χ0) is 20.6. The van der Waals surface area contributed by atoms with Gasteiger partial charge in [-0.1, -0.05) is 58.5 Å². The summed E-state index contributed by atoms with van der Waals surface area (Å²) in [5.41, 5.74) is 0.613. The van der Waals surface area contributed by atoms with Gasteiger partial charge in [-0.25, -0.2) is 9.59 Å². The lowest BCUT2D eigenvalue weighted by molar-refractivity contribution is 0.0682. The van der Waals surface area contributed by atoms with Crippen molar-refractivity contribution in [3.05, 3.63) is 79.7 Å². The minimum absolute atomic E-state index is 0.123. The average molecular weight is 456 g/mol. The molecule has 0 aliphatic heterocycles. The molecule has 0 atom stereocenters. The number of carbonyl (C=O) groups is 2. The Bertz CT molecular complexity index is 1040. The summed E-state index contributed by atoms with van der Waals surface area (Å²) in [6.45, 7) is 0. The topological polar surface area (TPSA) is 74.6 Å². The first kappa shape index (κ1) is 20.5. The SMILES string of the molecule is O=C(O)c1ccc(C(=O)O)c(-c2ccc(Cl)cc2Cl)c1-c1ccc(Cl)cc1Cl. The van der Waals surface area contributed by atoms with Gasteiger partial charge in [0.25, 0.3) is 0 Å². The summed E-state index contributed by atoms with van der Waals surface area (Å²) in [6, 6.07) is 11.5. The highest BCUT2D eigenvalue weighted by Gasteiger charge is 2.26. The Morgan fingerprint density at radius 2 is 0.964 bits per heavy atom. The summed E-state index contributed by atoms with van der Waals surface area (Å²) >= 11 is 24.6. The number of hydrogen-bond acceptors (Lipinski definition) is 2. The minimum Gasteiger partial charge on any atom is -0.478 e. The highest BCUT2D eigenvalue weighted by molar-refractivity contribution is 6.38. The average Bonchev–Trinajstić information content (AvgIpc) is 2.61. The van der Waals surface area contributed by atoms with Crippen LogP contribution in [-0.2, 0) is 0 Å². The van der Waals surface area contributed by atoms with Crippen LogP contribution in [0.15, 0.2) is 48.5 Å². The van der Waals surface area contributed by atoms with Crippen molar-refractivity contribution < 1.29 is 19.8 Å². The van der Waals surface area contributed by atoms with Crippen molar-refractivity contribution >= 4 is 58.3 Å². The molecule has 3 aromatic carbocycles. The van der Waals surface area contributed by atoms with Crippen LogP contribution in [0.3, 0.4) is 0 Å². The van der Waals surface area contributed by atoms with Gasteiger partial charge >= 0.3 is 11.9 Å². The molecule has 0 saturated heterocycles. The largest absolute Gasteiger partial charge is 0.478 e. The van der Waals surface area contributed by atoms with Crippen LogP contribution in [0, 0.1) is 0 Å². The predicted molar refractivity (Wildman–Crippen MR) is 111 cm³/mol. The highest BCUT2D eigenvalue weighted by atomic mass is 35.5. The summed E-state index contributed by atoms with van der Waals surface area (Å²) in [4.78, 5) is 23.8. The fraction of sp³-hybridized carbons (Fsp3) is 0. The molecule has 4 nitrogen and oxygen atoms in total. The van der Waals surface area contributed by atoms with Crippen molar-refractivity contribution in [3.8, 4) is 22.3 Å². The van der Waals surface area contributed by atoms with Gasteiger partial charge in [0, 0.05) is 42.3 Å². The first-order valence-electron chi connectivity index (χ1n) is 7.75. The summed E-state index contributed by atoms with van der Waals surface area (Å²) in [5, 5.41) is 20.5. The van der Waals surface area contributed by atoms with E-state index in [4.69, 9.17) is 46.4 Å². The van der Waals surface area contributed by atoms with Crippen LogP contribution >= 0.6 is 46.4 Å². The molecule has 0 amide bonds. The monoisotopic (exact) mass is 454 g/mol. The van der Waals surface area contributed by atoms with E-state index in [-0.39, 0.29) is 32.3 Å². The van der Waals surface area contributed by atoms with Crippen molar-refractivity contribution in [3.63, 3.8) is 0 Å². The first-order chi connectivity index (χ1) is 13.2. The maximum atomic E-state index is 11.9. The molecule has 8 heteroatoms. The van der Waals surface area contributed by atoms with Crippen molar-refractivity contribution in [2.24, 2.45) is 0 Å². The molecule has 28 heavy (non-hydrogen) atoms. The molecular weight excluding hydrogens is 446 g/mol. The Morgan fingerprint density at radius 3 is 1.25 bits per heavy atom. The zero-order valence-corrected chi connectivity index (χ0v) is 16.9. The molecule has 142 valence electrons. The van der Waals surface area contributed by atoms with Gasteiger partial charge in [0.1, 0.15) is 0 Å². The molecule has 0 fully saturated rings. The molecule has 0 aromatic heterocycles. The van der Waals surface area contributed by atoms with Crippen LogP contribution in [0.25, 0.3) is 22.3 Å². The van der Waals surface area contributed by atoms with Gasteiger partial charge in [-0.05, 0) is 36.4 Å². The van der Waals surface area contributed by atoms with Crippen LogP contribution < -0.4 is 0 Å². The Labute approximate surface area is 179 Å². The van der Waals surface area contributed by atoms with Gasteiger partial charge in [-0.3, -0.25) is 0 Å². The Balaban J connectivity index is 2.52. The molecule has 0 unspecified atom stereocenters. The number of carboxylic acids is 2. The number of aromatic carboxylic acids is 2. The van der Waals surface area contributed by atoms with Gasteiger partial charge in [-0.2, -0.15) is 0 Å². The third-order valence-corrected chi connectivity index (χ3v) is 5.16. The normalized spacial score (nSPS) is 10.7. The molecule has 3 rings (SSSR count). The molecule has 0 aliphatic rings. The fourth-order valence-corrected chi connectivity index (χ4v) is 3.91. The molecule has 0 radical (unpaired) electrons. The van der Waals surface area contributed by atoms with E-state index in [9.17, 15) is 19.8 Å². The van der Waals surface area contributed by atoms with Crippen LogP contribution in [0.4, 0.5) is 0 Å². The summed E-state index contributed by atoms with van der Waals surface area (Å²) in [6.07, 6.45) is 0. The molecular formula is C20H10Cl4O4. The maximum absolute atomic E-state index is 11.9. The third kappa shape index (κ3) is 3.82. The van der Waals surface area contributed by atoms with Gasteiger partial charge in [0.15, 0.2) is 0 Å². The summed E-state index contributed by atoms with van der Waals surface area (Å²) in [7, 11) is 0. The molecule has 3 aromatic rings. The second-order valence-electron chi connectivity index (χ2n) is 5.77. The van der Waals surface area contributed by atoms with Gasteiger partial charge in [-0.15, -0.1) is 0 Å². The van der Waals surface area contributed by atoms with Crippen LogP contribution in [0.5, 0.6) is 0 Å². The number of halogens is 4. The number of rotatable bonds is 4. The number of hydrogen-bond donors (Lipinski definition) is 2. The van der Waals surface area contributed by atoms with Crippen LogP contribution in [0.2, 0.25) is 20.1 Å². The van der Waals surface area contributed by atoms with Crippen molar-refractivity contribution in [2.75, 3.05) is 0 Å². The molecule has 2 N–H and O–H groups in total. The molecule has 0 bridgehead atoms. The highest BCUT2D eigenvalue weighted by Crippen LogP contribution is 2.44. The Hall–Kier alpha value is -2.24. The lowest BCUT2D eigenvalue weighted by Gasteiger charge is -2.18. The first-order valence-corrected chi connectivity index (χ1v) is 9.26. The van der Waals surface area contributed by atoms with Crippen LogP contribution in [-0.4, -0.2) is 22.2 Å². The lowest BCUT2D eigenvalue weighted by Crippen LogP contribution is -2.08. The molecule has 0 saturated carbocycles. The fourth-order valence-electron chi connectivity index (χ4n) is 2.90. The second kappa shape index (κ2) is 8.02. The molecule has 0 heterocycles. The van der Waals surface area contributed by atoms with Gasteiger partial charge in [0.2, 0.25) is 0 Å². The van der Waals surface area contributed by atoms with E-state index in [1.54, 1.807) is 0 Å². The summed E-state index contributed by atoms with van der Waals surface area (Å²) < 4.78 is 0. The zero-order valence-electron chi connectivity index (χ0n) is 13.8. The van der Waals surface area contributed by atoms with Gasteiger partial charge < -0.3 is 10.2 Å². The minimum atomic E-state index is -1.25. The number of carboxylic acid groups (broad SMARTS) is 2. The predicted octanol–water partition coefficient (Wildman–Crippen LogP) is 7.03. The van der Waals surface area contributed by atoms with E-state index in [0.29, 0.717) is 21.2 Å². The van der Waals surface area contributed by atoms with Crippen molar-refractivity contribution in [2.45, 2.75) is 0 Å². The van der Waals surface area contributed by atoms with E-state index >= 15 is 0 Å². The maximum Gasteiger partial charge on any atom is 0.336 e. The smallest absolute Gasteiger partial charge is 0.336 e. The van der Waals surface area contributed by atoms with E-state index in [1.807, 2.05) is 0 Å². The van der Waals surface area contributed by atoms with Crippen molar-refractivity contribution in [1.82, 2.24) is 0 Å². The quantitative estimate of drug-likeness (QED) is 0.442. The summed E-state index contributed by atoms with van der Waals surface area (Å²) in [5.74, 6) is -2.49. The Kier molecular flexibility index (Phi) is 5.87. The lowest BCUT2D eigenvalue weighted by atomic mass is 9.86. The van der Waals surface area contributed by atoms with E-state index < -0.39 is 11.9 Å². The molecule has 0 aliphatic carbocycles. The Morgan fingerprint density at radius 1 is 0.607 bits per heavy atom. The van der Waals surface area contributed by atoms with Crippen LogP contribution in [0.1, 0.15) is 20.7 Å². The second-order valence-corrected chi connectivity index (χ2v) is 7.46. The standard InChI is InChI=1S/C20H10Cl4O4/c21-9-1-3-11(15(23)7-9)17-13(19(25)26)5-6-14(20(27)28)18(17)12-4-2-10(22)8-16(12)24/h1-8H,(H,25,26)(H,27,28). The van der Waals surface area contributed by atoms with E-state index in [2.05, 4.69) is 0 Å². The van der Waals surface area contributed by atoms with E-state index in [0.717, 1.165) is 0 Å². The van der Waals surface area contributed by atoms with Gasteiger partial charge in [0.05, 0.1) is 11.1 Å².